The van der Waals surface area contributed by atoms with Crippen molar-refractivity contribution >= 4 is 39.1 Å². The third-order valence-electron chi connectivity index (χ3n) is 5.41. The Balaban J connectivity index is 2.03. The van der Waals surface area contributed by atoms with Crippen LogP contribution in [-0.2, 0) is 26.2 Å². The first-order valence-corrected chi connectivity index (χ1v) is 12.5. The Morgan fingerprint density at radius 2 is 1.57 bits per heavy atom. The normalized spacial score (nSPS) is 12.0. The average molecular weight is 518 g/mol. The number of halogens is 2. The number of carbonyl (C=O) groups is 2. The van der Waals surface area contributed by atoms with Crippen LogP contribution in [0.25, 0.3) is 0 Å². The highest BCUT2D eigenvalue weighted by Gasteiger charge is 2.33. The van der Waals surface area contributed by atoms with Gasteiger partial charge >= 0.3 is 0 Å². The molecule has 0 aliphatic heterocycles. The van der Waals surface area contributed by atoms with Gasteiger partial charge in [0, 0.05) is 13.6 Å². The van der Waals surface area contributed by atoms with Crippen molar-refractivity contribution in [2.75, 3.05) is 17.9 Å². The number of benzene rings is 3. The maximum Gasteiger partial charge on any atom is 0.264 e. The Morgan fingerprint density at radius 1 is 0.971 bits per heavy atom. The minimum Gasteiger partial charge on any atom is -0.357 e. The molecule has 3 rings (SSSR count). The molecule has 0 aliphatic rings. The molecule has 3 aromatic carbocycles. The third kappa shape index (κ3) is 6.17. The van der Waals surface area contributed by atoms with E-state index in [9.17, 15) is 22.4 Å². The molecule has 0 heterocycles. The number of hydrogen-bond donors (Lipinski definition) is 1. The molecule has 3 aromatic rings. The van der Waals surface area contributed by atoms with Gasteiger partial charge in [-0.1, -0.05) is 54.1 Å². The number of likely N-dealkylation sites (N-methyl/N-ethyl adjacent to an activating group) is 1. The molecule has 0 aliphatic carbocycles. The Hall–Kier alpha value is -3.43. The third-order valence-corrected chi connectivity index (χ3v) is 7.50. The van der Waals surface area contributed by atoms with Crippen molar-refractivity contribution in [3.05, 3.63) is 95.3 Å². The first-order valence-electron chi connectivity index (χ1n) is 10.7. The van der Waals surface area contributed by atoms with Gasteiger partial charge in [-0.15, -0.1) is 0 Å². The van der Waals surface area contributed by atoms with Crippen LogP contribution in [0.2, 0.25) is 5.02 Å². The van der Waals surface area contributed by atoms with Crippen LogP contribution in [0.1, 0.15) is 12.5 Å². The van der Waals surface area contributed by atoms with Crippen LogP contribution >= 0.6 is 11.6 Å². The Labute approximate surface area is 209 Å². The fourth-order valence-corrected chi connectivity index (χ4v) is 5.21. The first-order chi connectivity index (χ1) is 16.6. The van der Waals surface area contributed by atoms with Gasteiger partial charge in [0.05, 0.1) is 15.6 Å². The molecular weight excluding hydrogens is 493 g/mol. The number of nitrogens with one attached hydrogen (secondary N) is 1. The molecule has 0 aromatic heterocycles. The zero-order valence-corrected chi connectivity index (χ0v) is 20.8. The number of para-hydroxylation sites is 1. The molecule has 2 amide bonds. The predicted octanol–water partition coefficient (Wildman–Crippen LogP) is 3.84. The zero-order valence-electron chi connectivity index (χ0n) is 19.2. The van der Waals surface area contributed by atoms with E-state index < -0.39 is 40.2 Å². The van der Waals surface area contributed by atoms with E-state index in [0.717, 1.165) is 4.31 Å². The molecule has 0 spiro atoms. The van der Waals surface area contributed by atoms with Crippen molar-refractivity contribution < 1.29 is 22.4 Å². The topological polar surface area (TPSA) is 86.8 Å². The summed E-state index contributed by atoms with van der Waals surface area (Å²) in [4.78, 5) is 27.2. The Bertz CT molecular complexity index is 1290. The van der Waals surface area contributed by atoms with Gasteiger partial charge in [-0.2, -0.15) is 0 Å². The van der Waals surface area contributed by atoms with Gasteiger partial charge in [0.25, 0.3) is 10.0 Å². The van der Waals surface area contributed by atoms with Crippen LogP contribution in [-0.4, -0.2) is 44.8 Å². The molecule has 0 saturated carbocycles. The van der Waals surface area contributed by atoms with E-state index in [4.69, 9.17) is 11.6 Å². The highest BCUT2D eigenvalue weighted by Crippen LogP contribution is 2.30. The summed E-state index contributed by atoms with van der Waals surface area (Å²) in [5.41, 5.74) is 0.700. The summed E-state index contributed by atoms with van der Waals surface area (Å²) in [5, 5.41) is 2.64. The average Bonchev–Trinajstić information content (AvgIpc) is 2.86. The lowest BCUT2D eigenvalue weighted by Gasteiger charge is -2.32. The van der Waals surface area contributed by atoms with Crippen molar-refractivity contribution in [3.63, 3.8) is 0 Å². The molecule has 0 saturated heterocycles. The van der Waals surface area contributed by atoms with E-state index in [1.807, 2.05) is 0 Å². The quantitative estimate of drug-likeness (QED) is 0.467. The molecule has 10 heteroatoms. The van der Waals surface area contributed by atoms with Crippen LogP contribution in [0.15, 0.2) is 83.8 Å². The van der Waals surface area contributed by atoms with Gasteiger partial charge in [0.15, 0.2) is 0 Å². The summed E-state index contributed by atoms with van der Waals surface area (Å²) < 4.78 is 41.5. The number of carbonyl (C=O) groups excluding carboxylic acids is 2. The number of hydrogen-bond acceptors (Lipinski definition) is 4. The predicted molar refractivity (Wildman–Crippen MR) is 133 cm³/mol. The fraction of sp³-hybridized carbons (Fsp3) is 0.200. The second-order valence-corrected chi connectivity index (χ2v) is 9.98. The lowest BCUT2D eigenvalue weighted by molar-refractivity contribution is -0.139. The summed E-state index contributed by atoms with van der Waals surface area (Å²) in [5.74, 6) is -1.51. The molecule has 35 heavy (non-hydrogen) atoms. The van der Waals surface area contributed by atoms with Crippen molar-refractivity contribution in [1.82, 2.24) is 10.2 Å². The Morgan fingerprint density at radius 3 is 2.17 bits per heavy atom. The largest absolute Gasteiger partial charge is 0.357 e. The lowest BCUT2D eigenvalue weighted by atomic mass is 10.1. The van der Waals surface area contributed by atoms with E-state index >= 15 is 0 Å². The number of amides is 2. The van der Waals surface area contributed by atoms with Gasteiger partial charge in [-0.05, 0) is 48.9 Å². The van der Waals surface area contributed by atoms with Crippen LogP contribution in [0, 0.1) is 5.82 Å². The minimum atomic E-state index is -4.18. The van der Waals surface area contributed by atoms with E-state index in [-0.39, 0.29) is 22.2 Å². The molecule has 0 fully saturated rings. The molecule has 0 radical (unpaired) electrons. The highest BCUT2D eigenvalue weighted by molar-refractivity contribution is 7.92. The van der Waals surface area contributed by atoms with Crippen LogP contribution in [0.5, 0.6) is 0 Å². The van der Waals surface area contributed by atoms with Gasteiger partial charge in [-0.3, -0.25) is 13.9 Å². The number of rotatable bonds is 9. The first kappa shape index (κ1) is 26.2. The van der Waals surface area contributed by atoms with E-state index in [1.54, 1.807) is 30.3 Å². The molecule has 7 nitrogen and oxygen atoms in total. The van der Waals surface area contributed by atoms with Crippen LogP contribution in [0.4, 0.5) is 10.1 Å². The number of anilines is 1. The maximum absolute atomic E-state index is 13.6. The number of sulfonamides is 1. The molecule has 1 N–H and O–H groups in total. The summed E-state index contributed by atoms with van der Waals surface area (Å²) >= 11 is 6.32. The second kappa shape index (κ2) is 11.3. The second-order valence-electron chi connectivity index (χ2n) is 7.71. The molecular formula is C25H25ClFN3O4S. The fourth-order valence-electron chi connectivity index (χ4n) is 3.47. The van der Waals surface area contributed by atoms with Gasteiger partial charge in [0.2, 0.25) is 11.8 Å². The zero-order chi connectivity index (χ0) is 25.6. The van der Waals surface area contributed by atoms with E-state index in [2.05, 4.69) is 5.32 Å². The van der Waals surface area contributed by atoms with Crippen molar-refractivity contribution in [2.24, 2.45) is 0 Å². The van der Waals surface area contributed by atoms with E-state index in [0.29, 0.717) is 5.56 Å². The maximum atomic E-state index is 13.6. The standard InChI is InChI=1S/C25H25ClFN3O4S/c1-18(25(32)28-2)29(16-19-12-14-20(27)15-13-19)24(31)17-30(23-11-7-6-10-22(23)26)35(33,34)21-8-4-3-5-9-21/h3-15,18H,16-17H2,1-2H3,(H,28,32)/t18-/m0/s1. The summed E-state index contributed by atoms with van der Waals surface area (Å²) in [7, 11) is -2.74. The van der Waals surface area contributed by atoms with Crippen molar-refractivity contribution in [3.8, 4) is 0 Å². The Kier molecular flexibility index (Phi) is 8.48. The highest BCUT2D eigenvalue weighted by atomic mass is 35.5. The SMILES string of the molecule is CNC(=O)[C@H](C)N(Cc1ccc(F)cc1)C(=O)CN(c1ccccc1Cl)S(=O)(=O)c1ccccc1. The van der Waals surface area contributed by atoms with Gasteiger partial charge in [0.1, 0.15) is 18.4 Å². The molecule has 184 valence electrons. The van der Waals surface area contributed by atoms with E-state index in [1.165, 1.54) is 67.4 Å². The number of nitrogens with zero attached hydrogens (tertiary/aromatic N) is 2. The van der Waals surface area contributed by atoms with Crippen LogP contribution < -0.4 is 9.62 Å². The lowest BCUT2D eigenvalue weighted by Crippen LogP contribution is -2.50. The van der Waals surface area contributed by atoms with Gasteiger partial charge < -0.3 is 10.2 Å². The van der Waals surface area contributed by atoms with Crippen molar-refractivity contribution in [1.29, 1.82) is 0 Å². The van der Waals surface area contributed by atoms with Crippen LogP contribution in [0.3, 0.4) is 0 Å². The van der Waals surface area contributed by atoms with Gasteiger partial charge in [-0.25, -0.2) is 12.8 Å². The molecule has 0 unspecified atom stereocenters. The monoisotopic (exact) mass is 517 g/mol. The summed E-state index contributed by atoms with van der Waals surface area (Å²) in [6, 6.07) is 18.5. The summed E-state index contributed by atoms with van der Waals surface area (Å²) in [6.07, 6.45) is 0. The minimum absolute atomic E-state index is 0.0165. The molecule has 1 atom stereocenters. The van der Waals surface area contributed by atoms with Crippen molar-refractivity contribution in [2.45, 2.75) is 24.4 Å². The summed E-state index contributed by atoms with van der Waals surface area (Å²) in [6.45, 7) is 0.894. The molecule has 0 bridgehead atoms. The smallest absolute Gasteiger partial charge is 0.264 e.